The first-order chi connectivity index (χ1) is 10.8. The molecule has 3 fully saturated rings. The summed E-state index contributed by atoms with van der Waals surface area (Å²) in [6.07, 6.45) is 11.3. The highest BCUT2D eigenvalue weighted by molar-refractivity contribution is 5.77. The monoisotopic (exact) mass is 302 g/mol. The molecule has 1 aliphatic carbocycles. The van der Waals surface area contributed by atoms with Crippen LogP contribution in [0, 0.1) is 0 Å². The quantitative estimate of drug-likeness (QED) is 0.738. The third-order valence-corrected chi connectivity index (χ3v) is 5.65. The van der Waals surface area contributed by atoms with Gasteiger partial charge < -0.3 is 9.80 Å². The highest BCUT2D eigenvalue weighted by atomic mass is 16.2. The second-order valence-electron chi connectivity index (χ2n) is 6.99. The van der Waals surface area contributed by atoms with Crippen molar-refractivity contribution < 1.29 is 4.79 Å². The van der Waals surface area contributed by atoms with Gasteiger partial charge in [0, 0.05) is 32.2 Å². The van der Waals surface area contributed by atoms with E-state index in [1.165, 1.54) is 36.9 Å². The van der Waals surface area contributed by atoms with Crippen molar-refractivity contribution in [3.05, 3.63) is 17.5 Å². The molecule has 3 saturated heterocycles. The third-order valence-electron chi connectivity index (χ3n) is 5.65. The number of carbonyl (C=O) groups excluding carboxylic acids is 1. The Morgan fingerprint density at radius 2 is 1.77 bits per heavy atom. The van der Waals surface area contributed by atoms with Crippen molar-refractivity contribution in [2.45, 2.75) is 57.4 Å². The molecule has 4 heterocycles. The first-order valence-corrected chi connectivity index (χ1v) is 8.92. The number of aromatic nitrogens is 2. The molecular formula is C17H26N4O. The lowest BCUT2D eigenvalue weighted by molar-refractivity contribution is 0.168. The average Bonchev–Trinajstić information content (AvgIpc) is 2.70. The van der Waals surface area contributed by atoms with Crippen molar-refractivity contribution in [3.8, 4) is 0 Å². The normalized spacial score (nSPS) is 28.6. The van der Waals surface area contributed by atoms with E-state index >= 15 is 0 Å². The smallest absolute Gasteiger partial charge is 0.318 e. The van der Waals surface area contributed by atoms with Crippen molar-refractivity contribution >= 4 is 6.03 Å². The molecule has 120 valence electrons. The molecule has 1 amide bonds. The maximum Gasteiger partial charge on any atom is 0.345 e. The van der Waals surface area contributed by atoms with Gasteiger partial charge in [0.15, 0.2) is 0 Å². The summed E-state index contributed by atoms with van der Waals surface area (Å²) in [5, 5.41) is 4.48. The van der Waals surface area contributed by atoms with Crippen molar-refractivity contribution in [2.24, 2.45) is 0 Å². The predicted octanol–water partition coefficient (Wildman–Crippen LogP) is 2.29. The fourth-order valence-electron chi connectivity index (χ4n) is 4.27. The van der Waals surface area contributed by atoms with Gasteiger partial charge in [0.25, 0.3) is 0 Å². The van der Waals surface area contributed by atoms with E-state index in [-0.39, 0.29) is 6.03 Å². The molecule has 0 atom stereocenters. The lowest BCUT2D eigenvalue weighted by Crippen LogP contribution is -2.44. The van der Waals surface area contributed by atoms with Crippen LogP contribution in [0.1, 0.15) is 49.8 Å². The predicted molar refractivity (Wildman–Crippen MR) is 85.1 cm³/mol. The Hall–Kier alpha value is -1.36. The largest absolute Gasteiger partial charge is 0.345 e. The van der Waals surface area contributed by atoms with Crippen LogP contribution in [0.4, 0.5) is 4.79 Å². The minimum Gasteiger partial charge on any atom is -0.318 e. The van der Waals surface area contributed by atoms with Gasteiger partial charge in [-0.15, -0.1) is 0 Å². The van der Waals surface area contributed by atoms with Gasteiger partial charge in [-0.3, -0.25) is 0 Å². The Balaban J connectivity index is 1.59. The maximum absolute atomic E-state index is 13.1. The lowest BCUT2D eigenvalue weighted by Gasteiger charge is -2.31. The lowest BCUT2D eigenvalue weighted by atomic mass is 9.99. The zero-order valence-electron chi connectivity index (χ0n) is 13.3. The average molecular weight is 302 g/mol. The summed E-state index contributed by atoms with van der Waals surface area (Å²) in [5.41, 5.74) is 2.49. The van der Waals surface area contributed by atoms with E-state index in [0.29, 0.717) is 6.04 Å². The zero-order valence-corrected chi connectivity index (χ0v) is 13.3. The Morgan fingerprint density at radius 1 is 1.00 bits per heavy atom. The second-order valence-corrected chi connectivity index (χ2v) is 6.99. The van der Waals surface area contributed by atoms with Crippen LogP contribution >= 0.6 is 0 Å². The number of hydrogen-bond acceptors (Lipinski definition) is 3. The van der Waals surface area contributed by atoms with Gasteiger partial charge in [-0.05, 0) is 44.1 Å². The SMILES string of the molecule is O=C(N1CCN2CCC1CC2)n1ncc2c1CCCCCC2. The minimum absolute atomic E-state index is 0.121. The van der Waals surface area contributed by atoms with Gasteiger partial charge in [0.1, 0.15) is 0 Å². The number of carbonyl (C=O) groups is 1. The van der Waals surface area contributed by atoms with Crippen molar-refractivity contribution in [3.63, 3.8) is 0 Å². The van der Waals surface area contributed by atoms with Crippen LogP contribution in [0.3, 0.4) is 0 Å². The molecule has 0 unspecified atom stereocenters. The van der Waals surface area contributed by atoms with Crippen LogP contribution in [0.2, 0.25) is 0 Å². The molecular weight excluding hydrogens is 276 g/mol. The first kappa shape index (κ1) is 14.2. The number of amides is 1. The number of fused-ring (bicyclic) bond motifs is 5. The molecule has 5 nitrogen and oxygen atoms in total. The Kier molecular flexibility index (Phi) is 3.90. The highest BCUT2D eigenvalue weighted by Crippen LogP contribution is 2.24. The van der Waals surface area contributed by atoms with E-state index in [2.05, 4.69) is 14.9 Å². The molecule has 3 aliphatic heterocycles. The van der Waals surface area contributed by atoms with Crippen LogP contribution in [0.25, 0.3) is 0 Å². The van der Waals surface area contributed by atoms with Crippen LogP contribution in [-0.4, -0.2) is 57.8 Å². The van der Waals surface area contributed by atoms with Gasteiger partial charge in [-0.2, -0.15) is 9.78 Å². The Labute approximate surface area is 132 Å². The number of rotatable bonds is 0. The molecule has 2 bridgehead atoms. The van der Waals surface area contributed by atoms with Crippen molar-refractivity contribution in [1.82, 2.24) is 19.6 Å². The van der Waals surface area contributed by atoms with Crippen LogP contribution in [0.5, 0.6) is 0 Å². The summed E-state index contributed by atoms with van der Waals surface area (Å²) in [5.74, 6) is 0. The van der Waals surface area contributed by atoms with Gasteiger partial charge in [0.05, 0.1) is 11.9 Å². The summed E-state index contributed by atoms with van der Waals surface area (Å²) in [7, 11) is 0. The standard InChI is InChI=1S/C17H26N4O/c22-17(20-12-11-19-9-7-15(20)8-10-19)21-16-6-4-2-1-3-5-14(16)13-18-21/h13,15H,1-12H2. The summed E-state index contributed by atoms with van der Waals surface area (Å²) < 4.78 is 1.73. The number of aryl methyl sites for hydroxylation is 1. The Morgan fingerprint density at radius 3 is 2.59 bits per heavy atom. The molecule has 5 rings (SSSR count). The first-order valence-electron chi connectivity index (χ1n) is 8.92. The molecule has 22 heavy (non-hydrogen) atoms. The summed E-state index contributed by atoms with van der Waals surface area (Å²) in [4.78, 5) is 17.7. The molecule has 0 aromatic carbocycles. The van der Waals surface area contributed by atoms with E-state index in [9.17, 15) is 4.79 Å². The van der Waals surface area contributed by atoms with Crippen LogP contribution in [0.15, 0.2) is 6.20 Å². The molecule has 0 saturated carbocycles. The molecule has 1 aromatic heterocycles. The van der Waals surface area contributed by atoms with Gasteiger partial charge in [-0.25, -0.2) is 4.79 Å². The summed E-state index contributed by atoms with van der Waals surface area (Å²) in [6, 6.07) is 0.537. The Bertz CT molecular complexity index is 545. The minimum atomic E-state index is 0.121. The maximum atomic E-state index is 13.1. The third kappa shape index (κ3) is 2.56. The number of nitrogens with zero attached hydrogens (tertiary/aromatic N) is 4. The summed E-state index contributed by atoms with van der Waals surface area (Å²) in [6.45, 7) is 4.17. The van der Waals surface area contributed by atoms with Crippen LogP contribution in [-0.2, 0) is 12.8 Å². The zero-order chi connectivity index (χ0) is 14.9. The van der Waals surface area contributed by atoms with Gasteiger partial charge in [0.2, 0.25) is 0 Å². The van der Waals surface area contributed by atoms with E-state index in [4.69, 9.17) is 0 Å². The number of hydrogen-bond donors (Lipinski definition) is 0. The molecule has 0 radical (unpaired) electrons. The fourth-order valence-corrected chi connectivity index (χ4v) is 4.27. The number of piperidine rings is 1. The highest BCUT2D eigenvalue weighted by Gasteiger charge is 2.33. The van der Waals surface area contributed by atoms with E-state index < -0.39 is 0 Å². The van der Waals surface area contributed by atoms with E-state index in [1.807, 2.05) is 6.20 Å². The topological polar surface area (TPSA) is 41.4 Å². The van der Waals surface area contributed by atoms with Crippen molar-refractivity contribution in [2.75, 3.05) is 26.2 Å². The molecule has 4 aliphatic rings. The van der Waals surface area contributed by atoms with Gasteiger partial charge in [-0.1, -0.05) is 12.8 Å². The van der Waals surface area contributed by atoms with E-state index in [1.54, 1.807) is 4.68 Å². The molecule has 0 N–H and O–H groups in total. The van der Waals surface area contributed by atoms with E-state index in [0.717, 1.165) is 51.9 Å². The summed E-state index contributed by atoms with van der Waals surface area (Å²) >= 11 is 0. The second kappa shape index (κ2) is 6.03. The van der Waals surface area contributed by atoms with Crippen LogP contribution < -0.4 is 0 Å². The fraction of sp³-hybridized carbons (Fsp3) is 0.765. The molecule has 0 spiro atoms. The van der Waals surface area contributed by atoms with Gasteiger partial charge >= 0.3 is 6.03 Å². The van der Waals surface area contributed by atoms with Crippen molar-refractivity contribution in [1.29, 1.82) is 0 Å². The molecule has 1 aromatic rings. The molecule has 5 heteroatoms.